The fraction of sp³-hybridized carbons (Fsp3) is 0.385. The summed E-state index contributed by atoms with van der Waals surface area (Å²) in [7, 11) is 0. The van der Waals surface area contributed by atoms with Crippen molar-refractivity contribution in [3.05, 3.63) is 35.7 Å². The van der Waals surface area contributed by atoms with Crippen molar-refractivity contribution in [3.63, 3.8) is 0 Å². The first-order valence-electron chi connectivity index (χ1n) is 5.82. The summed E-state index contributed by atoms with van der Waals surface area (Å²) in [6.45, 7) is 4.71. The standard InChI is InChI=1S/C13H17N3O/c1-9-5-3-4-6-11(9)12-15-13(17-16-12)10(2)7-8-14/h3-6,10H,7-8,14H2,1-2H3. The van der Waals surface area contributed by atoms with Crippen molar-refractivity contribution in [2.24, 2.45) is 5.73 Å². The number of rotatable bonds is 4. The zero-order valence-electron chi connectivity index (χ0n) is 10.2. The Morgan fingerprint density at radius 3 is 2.82 bits per heavy atom. The zero-order chi connectivity index (χ0) is 12.3. The fourth-order valence-electron chi connectivity index (χ4n) is 1.74. The predicted molar refractivity (Wildman–Crippen MR) is 66.6 cm³/mol. The lowest BCUT2D eigenvalue weighted by Gasteiger charge is -2.02. The lowest BCUT2D eigenvalue weighted by molar-refractivity contribution is 0.355. The van der Waals surface area contributed by atoms with Gasteiger partial charge < -0.3 is 10.3 Å². The van der Waals surface area contributed by atoms with Crippen molar-refractivity contribution in [2.45, 2.75) is 26.2 Å². The van der Waals surface area contributed by atoms with Crippen molar-refractivity contribution < 1.29 is 4.52 Å². The highest BCUT2D eigenvalue weighted by atomic mass is 16.5. The van der Waals surface area contributed by atoms with Crippen molar-refractivity contribution >= 4 is 0 Å². The molecule has 2 aromatic rings. The number of hydrogen-bond donors (Lipinski definition) is 1. The molecule has 0 aliphatic carbocycles. The molecule has 1 heterocycles. The fourth-order valence-corrected chi connectivity index (χ4v) is 1.74. The molecule has 0 radical (unpaired) electrons. The van der Waals surface area contributed by atoms with Crippen LogP contribution in [0.5, 0.6) is 0 Å². The number of hydrogen-bond acceptors (Lipinski definition) is 4. The minimum atomic E-state index is 0.213. The second-order valence-electron chi connectivity index (χ2n) is 4.25. The molecule has 1 atom stereocenters. The van der Waals surface area contributed by atoms with Gasteiger partial charge in [0.25, 0.3) is 0 Å². The van der Waals surface area contributed by atoms with Gasteiger partial charge in [0.1, 0.15) is 0 Å². The second-order valence-corrected chi connectivity index (χ2v) is 4.25. The molecule has 0 saturated carbocycles. The quantitative estimate of drug-likeness (QED) is 0.878. The van der Waals surface area contributed by atoms with Crippen LogP contribution in [0.15, 0.2) is 28.8 Å². The summed E-state index contributed by atoms with van der Waals surface area (Å²) in [5, 5.41) is 4.02. The molecule has 0 amide bonds. The van der Waals surface area contributed by atoms with Gasteiger partial charge in [-0.1, -0.05) is 36.3 Å². The first-order chi connectivity index (χ1) is 8.22. The lowest BCUT2D eigenvalue weighted by atomic mass is 10.1. The van der Waals surface area contributed by atoms with Gasteiger partial charge in [0.05, 0.1) is 0 Å². The van der Waals surface area contributed by atoms with Crippen molar-refractivity contribution in [1.82, 2.24) is 10.1 Å². The average Bonchev–Trinajstić information content (AvgIpc) is 2.79. The van der Waals surface area contributed by atoms with Crippen molar-refractivity contribution in [1.29, 1.82) is 0 Å². The van der Waals surface area contributed by atoms with Crippen LogP contribution in [0.25, 0.3) is 11.4 Å². The SMILES string of the molecule is Cc1ccccc1-c1noc(C(C)CCN)n1. The van der Waals surface area contributed by atoms with Crippen LogP contribution in [-0.4, -0.2) is 16.7 Å². The Balaban J connectivity index is 2.27. The Labute approximate surface area is 101 Å². The minimum absolute atomic E-state index is 0.213. The molecule has 2 N–H and O–H groups in total. The molecular formula is C13H17N3O. The molecule has 17 heavy (non-hydrogen) atoms. The van der Waals surface area contributed by atoms with Crippen LogP contribution < -0.4 is 5.73 Å². The van der Waals surface area contributed by atoms with Crippen LogP contribution in [0.1, 0.15) is 30.7 Å². The highest BCUT2D eigenvalue weighted by Gasteiger charge is 2.15. The first-order valence-corrected chi connectivity index (χ1v) is 5.82. The minimum Gasteiger partial charge on any atom is -0.339 e. The van der Waals surface area contributed by atoms with Gasteiger partial charge in [-0.25, -0.2) is 0 Å². The predicted octanol–water partition coefficient (Wildman–Crippen LogP) is 2.50. The van der Waals surface area contributed by atoms with E-state index in [9.17, 15) is 0 Å². The molecule has 4 heteroatoms. The van der Waals surface area contributed by atoms with E-state index >= 15 is 0 Å². The van der Waals surface area contributed by atoms with Crippen molar-refractivity contribution in [3.8, 4) is 11.4 Å². The second kappa shape index (κ2) is 5.10. The summed E-state index contributed by atoms with van der Waals surface area (Å²) in [4.78, 5) is 4.43. The summed E-state index contributed by atoms with van der Waals surface area (Å²) in [6.07, 6.45) is 0.857. The van der Waals surface area contributed by atoms with E-state index in [0.717, 1.165) is 17.5 Å². The molecule has 1 unspecified atom stereocenters. The molecule has 1 aromatic heterocycles. The normalized spacial score (nSPS) is 12.6. The third-order valence-corrected chi connectivity index (χ3v) is 2.85. The number of benzene rings is 1. The molecule has 0 bridgehead atoms. The maximum atomic E-state index is 5.52. The number of nitrogens with two attached hydrogens (primary N) is 1. The van der Waals surface area contributed by atoms with Gasteiger partial charge in [-0.05, 0) is 25.5 Å². The van der Waals surface area contributed by atoms with E-state index in [2.05, 4.69) is 10.1 Å². The van der Waals surface area contributed by atoms with E-state index in [0.29, 0.717) is 18.3 Å². The lowest BCUT2D eigenvalue weighted by Crippen LogP contribution is -2.04. The summed E-state index contributed by atoms with van der Waals surface area (Å²) in [5.41, 5.74) is 7.68. The number of aromatic nitrogens is 2. The van der Waals surface area contributed by atoms with E-state index in [-0.39, 0.29) is 5.92 Å². The van der Waals surface area contributed by atoms with Crippen LogP contribution in [0, 0.1) is 6.92 Å². The van der Waals surface area contributed by atoms with Gasteiger partial charge in [0.2, 0.25) is 11.7 Å². The summed E-state index contributed by atoms with van der Waals surface area (Å²) in [5.74, 6) is 1.53. The Kier molecular flexibility index (Phi) is 3.54. The third kappa shape index (κ3) is 2.53. The average molecular weight is 231 g/mol. The molecule has 2 rings (SSSR count). The van der Waals surface area contributed by atoms with Gasteiger partial charge in [-0.2, -0.15) is 4.98 Å². The maximum Gasteiger partial charge on any atom is 0.229 e. The molecule has 4 nitrogen and oxygen atoms in total. The molecule has 0 aliphatic heterocycles. The molecule has 1 aromatic carbocycles. The Bertz CT molecular complexity index is 493. The number of nitrogens with zero attached hydrogens (tertiary/aromatic N) is 2. The Hall–Kier alpha value is -1.68. The summed E-state index contributed by atoms with van der Waals surface area (Å²) < 4.78 is 5.27. The van der Waals surface area contributed by atoms with Crippen LogP contribution >= 0.6 is 0 Å². The first kappa shape index (κ1) is 11.8. The monoisotopic (exact) mass is 231 g/mol. The van der Waals surface area contributed by atoms with Crippen LogP contribution in [0.2, 0.25) is 0 Å². The van der Waals surface area contributed by atoms with Crippen LogP contribution in [0.3, 0.4) is 0 Å². The maximum absolute atomic E-state index is 5.52. The highest BCUT2D eigenvalue weighted by Crippen LogP contribution is 2.23. The molecule has 90 valence electrons. The molecule has 0 fully saturated rings. The molecular weight excluding hydrogens is 214 g/mol. The highest BCUT2D eigenvalue weighted by molar-refractivity contribution is 5.58. The van der Waals surface area contributed by atoms with E-state index in [1.54, 1.807) is 0 Å². The summed E-state index contributed by atoms with van der Waals surface area (Å²) in [6, 6.07) is 8.00. The topological polar surface area (TPSA) is 64.9 Å². The van der Waals surface area contributed by atoms with Crippen LogP contribution in [-0.2, 0) is 0 Å². The molecule has 0 saturated heterocycles. The van der Waals surface area contributed by atoms with E-state index in [1.165, 1.54) is 0 Å². The molecule has 0 aliphatic rings. The summed E-state index contributed by atoms with van der Waals surface area (Å²) >= 11 is 0. The Morgan fingerprint density at radius 2 is 2.12 bits per heavy atom. The van der Waals surface area contributed by atoms with E-state index in [4.69, 9.17) is 10.3 Å². The Morgan fingerprint density at radius 1 is 1.35 bits per heavy atom. The van der Waals surface area contributed by atoms with E-state index < -0.39 is 0 Å². The number of aryl methyl sites for hydroxylation is 1. The van der Waals surface area contributed by atoms with Gasteiger partial charge >= 0.3 is 0 Å². The largest absolute Gasteiger partial charge is 0.339 e. The van der Waals surface area contributed by atoms with E-state index in [1.807, 2.05) is 38.1 Å². The van der Waals surface area contributed by atoms with Gasteiger partial charge in [-0.3, -0.25) is 0 Å². The van der Waals surface area contributed by atoms with Gasteiger partial charge in [0, 0.05) is 11.5 Å². The molecule has 0 spiro atoms. The van der Waals surface area contributed by atoms with Crippen LogP contribution in [0.4, 0.5) is 0 Å². The van der Waals surface area contributed by atoms with Gasteiger partial charge in [0.15, 0.2) is 0 Å². The zero-order valence-corrected chi connectivity index (χ0v) is 10.2. The van der Waals surface area contributed by atoms with Gasteiger partial charge in [-0.15, -0.1) is 0 Å². The van der Waals surface area contributed by atoms with Crippen molar-refractivity contribution in [2.75, 3.05) is 6.54 Å². The smallest absolute Gasteiger partial charge is 0.229 e. The third-order valence-electron chi connectivity index (χ3n) is 2.85.